The maximum atomic E-state index is 11.9. The van der Waals surface area contributed by atoms with Gasteiger partial charge >= 0.3 is 6.03 Å². The molecule has 0 radical (unpaired) electrons. The number of amides is 2. The number of rotatable bonds is 7. The molecule has 2 saturated heterocycles. The van der Waals surface area contributed by atoms with Crippen LogP contribution >= 0.6 is 0 Å². The fraction of sp³-hybridized carbons (Fsp3) is 0.381. The number of nitrogens with zero attached hydrogens (tertiary/aromatic N) is 2. The van der Waals surface area contributed by atoms with Crippen LogP contribution in [0.2, 0.25) is 0 Å². The van der Waals surface area contributed by atoms with Crippen LogP contribution in [0, 0.1) is 0 Å². The van der Waals surface area contributed by atoms with Crippen molar-refractivity contribution in [2.24, 2.45) is 0 Å². The Kier molecular flexibility index (Phi) is 6.10. The van der Waals surface area contributed by atoms with Gasteiger partial charge in [-0.25, -0.2) is 14.8 Å². The van der Waals surface area contributed by atoms with E-state index in [0.29, 0.717) is 25.7 Å². The summed E-state index contributed by atoms with van der Waals surface area (Å²) < 4.78 is 17.2. The lowest BCUT2D eigenvalue weighted by atomic mass is 10.1. The minimum atomic E-state index is -0.267. The first kappa shape index (κ1) is 20.1. The van der Waals surface area contributed by atoms with Gasteiger partial charge < -0.3 is 30.2 Å². The number of carbonyl (C=O) groups is 1. The second-order valence-corrected chi connectivity index (χ2v) is 7.06. The Bertz CT molecular complexity index is 908. The first-order valence-electron chi connectivity index (χ1n) is 9.81. The Morgan fingerprint density at radius 2 is 2.00 bits per heavy atom. The highest BCUT2D eigenvalue weighted by molar-refractivity contribution is 5.74. The molecule has 3 heterocycles. The van der Waals surface area contributed by atoms with Crippen LogP contribution in [0.4, 0.5) is 10.7 Å². The third kappa shape index (κ3) is 4.22. The normalized spacial score (nSPS) is 24.7. The lowest BCUT2D eigenvalue weighted by Gasteiger charge is -2.18. The summed E-state index contributed by atoms with van der Waals surface area (Å²) >= 11 is 0. The Morgan fingerprint density at radius 3 is 2.80 bits per heavy atom. The number of benzene rings is 1. The van der Waals surface area contributed by atoms with E-state index in [4.69, 9.17) is 14.2 Å². The highest BCUT2D eigenvalue weighted by Gasteiger charge is 2.48. The van der Waals surface area contributed by atoms with Crippen LogP contribution in [-0.2, 0) is 9.47 Å². The topological polar surface area (TPSA) is 107 Å². The lowest BCUT2D eigenvalue weighted by Crippen LogP contribution is -2.48. The number of methoxy groups -OCH3 is 1. The van der Waals surface area contributed by atoms with Crippen molar-refractivity contribution in [1.82, 2.24) is 20.6 Å². The molecule has 2 fully saturated rings. The van der Waals surface area contributed by atoms with Crippen molar-refractivity contribution in [1.29, 1.82) is 0 Å². The minimum Gasteiger partial charge on any atom is -0.496 e. The Hall–Kier alpha value is -3.17. The first-order chi connectivity index (χ1) is 14.7. The summed E-state index contributed by atoms with van der Waals surface area (Å²) in [6, 6.07) is 8.93. The summed E-state index contributed by atoms with van der Waals surface area (Å²) in [6.07, 6.45) is 2.90. The molecule has 0 spiro atoms. The van der Waals surface area contributed by atoms with Gasteiger partial charge in [-0.2, -0.15) is 0 Å². The van der Waals surface area contributed by atoms with Crippen LogP contribution in [0.3, 0.4) is 0 Å². The van der Waals surface area contributed by atoms with Gasteiger partial charge in [0.1, 0.15) is 18.0 Å². The molecule has 3 N–H and O–H groups in total. The number of para-hydroxylation sites is 1. The molecule has 158 valence electrons. The summed E-state index contributed by atoms with van der Waals surface area (Å²) in [5.41, 5.74) is 1.64. The number of hydrogen-bond acceptors (Lipinski definition) is 7. The molecule has 9 heteroatoms. The SMILES string of the molecule is C=CCNC(=O)N[C@H]1CO[C@H]2[C@H]1OC[C@H]2Nc1nccc(-c2ccccc2OC)n1. The second-order valence-electron chi connectivity index (χ2n) is 7.06. The van der Waals surface area contributed by atoms with Crippen LogP contribution in [0.1, 0.15) is 0 Å². The molecule has 0 unspecified atom stereocenters. The summed E-state index contributed by atoms with van der Waals surface area (Å²) in [6.45, 7) is 4.81. The number of urea groups is 1. The molecule has 2 aromatic rings. The van der Waals surface area contributed by atoms with Crippen molar-refractivity contribution in [3.8, 4) is 17.0 Å². The van der Waals surface area contributed by atoms with Gasteiger partial charge in [0.05, 0.1) is 38.1 Å². The van der Waals surface area contributed by atoms with Gasteiger partial charge in [0.15, 0.2) is 0 Å². The van der Waals surface area contributed by atoms with E-state index < -0.39 is 0 Å². The zero-order valence-electron chi connectivity index (χ0n) is 16.7. The van der Waals surface area contributed by atoms with Gasteiger partial charge in [0.25, 0.3) is 0 Å². The molecule has 9 nitrogen and oxygen atoms in total. The van der Waals surface area contributed by atoms with Crippen LogP contribution < -0.4 is 20.7 Å². The third-order valence-corrected chi connectivity index (χ3v) is 5.13. The first-order valence-corrected chi connectivity index (χ1v) is 9.81. The molecule has 2 amide bonds. The molecule has 4 rings (SSSR count). The maximum Gasteiger partial charge on any atom is 0.315 e. The fourth-order valence-electron chi connectivity index (χ4n) is 3.73. The number of anilines is 1. The highest BCUT2D eigenvalue weighted by Crippen LogP contribution is 2.30. The number of hydrogen-bond donors (Lipinski definition) is 3. The van der Waals surface area contributed by atoms with Crippen molar-refractivity contribution in [3.63, 3.8) is 0 Å². The van der Waals surface area contributed by atoms with Gasteiger partial charge in [0.2, 0.25) is 5.95 Å². The molecule has 30 heavy (non-hydrogen) atoms. The summed E-state index contributed by atoms with van der Waals surface area (Å²) in [7, 11) is 1.63. The van der Waals surface area contributed by atoms with Crippen molar-refractivity contribution in [2.45, 2.75) is 24.3 Å². The van der Waals surface area contributed by atoms with Crippen LogP contribution in [0.5, 0.6) is 5.75 Å². The van der Waals surface area contributed by atoms with E-state index in [1.54, 1.807) is 19.4 Å². The third-order valence-electron chi connectivity index (χ3n) is 5.13. The molecule has 0 saturated carbocycles. The van der Waals surface area contributed by atoms with Crippen molar-refractivity contribution < 1.29 is 19.0 Å². The standard InChI is InChI=1S/C21H25N5O4/c1-3-9-23-21(27)26-16-12-30-18-15(11-29-19(16)18)25-20-22-10-8-14(24-20)13-6-4-5-7-17(13)28-2/h3-8,10,15-16,18-19H,1,9,11-12H2,2H3,(H,22,24,25)(H2,23,26,27)/t15-,16+,18-,19+/m1/s1. The van der Waals surface area contributed by atoms with Crippen LogP contribution in [0.25, 0.3) is 11.3 Å². The molecule has 1 aromatic heterocycles. The van der Waals surface area contributed by atoms with E-state index in [1.807, 2.05) is 30.3 Å². The van der Waals surface area contributed by atoms with E-state index in [9.17, 15) is 4.79 Å². The zero-order valence-corrected chi connectivity index (χ0v) is 16.7. The number of nitrogens with one attached hydrogen (secondary N) is 3. The van der Waals surface area contributed by atoms with Gasteiger partial charge in [-0.05, 0) is 18.2 Å². The van der Waals surface area contributed by atoms with Gasteiger partial charge in [0, 0.05) is 18.3 Å². The van der Waals surface area contributed by atoms with E-state index in [0.717, 1.165) is 17.0 Å². The maximum absolute atomic E-state index is 11.9. The monoisotopic (exact) mass is 411 g/mol. The van der Waals surface area contributed by atoms with E-state index in [-0.39, 0.29) is 30.3 Å². The number of ether oxygens (including phenoxy) is 3. The summed E-state index contributed by atoms with van der Waals surface area (Å²) in [5.74, 6) is 1.23. The number of fused-ring (bicyclic) bond motifs is 1. The second kappa shape index (κ2) is 9.10. The molecule has 4 atom stereocenters. The Balaban J connectivity index is 1.41. The summed E-state index contributed by atoms with van der Waals surface area (Å²) in [5, 5.41) is 8.90. The molecular formula is C21H25N5O4. The average Bonchev–Trinajstić information content (AvgIpc) is 3.36. The average molecular weight is 411 g/mol. The van der Waals surface area contributed by atoms with Gasteiger partial charge in [-0.15, -0.1) is 6.58 Å². The smallest absolute Gasteiger partial charge is 0.315 e. The molecule has 0 bridgehead atoms. The predicted octanol–water partition coefficient (Wildman–Crippen LogP) is 1.58. The Labute approximate surface area is 174 Å². The van der Waals surface area contributed by atoms with Gasteiger partial charge in [-0.3, -0.25) is 0 Å². The quantitative estimate of drug-likeness (QED) is 0.594. The van der Waals surface area contributed by atoms with E-state index in [2.05, 4.69) is 32.5 Å². The minimum absolute atomic E-state index is 0.119. The fourth-order valence-corrected chi connectivity index (χ4v) is 3.73. The van der Waals surface area contributed by atoms with E-state index in [1.165, 1.54) is 0 Å². The molecule has 2 aliphatic heterocycles. The number of aromatic nitrogens is 2. The molecule has 2 aliphatic rings. The van der Waals surface area contributed by atoms with Crippen molar-refractivity contribution in [3.05, 3.63) is 49.2 Å². The number of carbonyl (C=O) groups excluding carboxylic acids is 1. The van der Waals surface area contributed by atoms with Crippen LogP contribution in [-0.4, -0.2) is 67.2 Å². The predicted molar refractivity (Wildman–Crippen MR) is 111 cm³/mol. The molecular weight excluding hydrogens is 386 g/mol. The van der Waals surface area contributed by atoms with Crippen molar-refractivity contribution in [2.75, 3.05) is 32.2 Å². The molecule has 1 aromatic carbocycles. The molecule has 0 aliphatic carbocycles. The Morgan fingerprint density at radius 1 is 1.23 bits per heavy atom. The highest BCUT2D eigenvalue weighted by atomic mass is 16.6. The van der Waals surface area contributed by atoms with Crippen molar-refractivity contribution >= 4 is 12.0 Å². The van der Waals surface area contributed by atoms with Crippen LogP contribution in [0.15, 0.2) is 49.2 Å². The van der Waals surface area contributed by atoms with Gasteiger partial charge in [-0.1, -0.05) is 18.2 Å². The van der Waals surface area contributed by atoms with E-state index >= 15 is 0 Å². The lowest BCUT2D eigenvalue weighted by molar-refractivity contribution is 0.0682. The zero-order chi connectivity index (χ0) is 20.9. The summed E-state index contributed by atoms with van der Waals surface area (Å²) in [4.78, 5) is 20.9. The largest absolute Gasteiger partial charge is 0.496 e.